The predicted octanol–water partition coefficient (Wildman–Crippen LogP) is 2.27. The topological polar surface area (TPSA) is 66.6 Å². The van der Waals surface area contributed by atoms with Crippen molar-refractivity contribution < 1.29 is 9.90 Å². The molecule has 5 heteroatoms. The lowest BCUT2D eigenvalue weighted by Gasteiger charge is -2.22. The van der Waals surface area contributed by atoms with E-state index in [0.717, 1.165) is 11.3 Å². The van der Waals surface area contributed by atoms with Gasteiger partial charge in [0.15, 0.2) is 0 Å². The van der Waals surface area contributed by atoms with Crippen molar-refractivity contribution in [1.82, 2.24) is 0 Å². The molecule has 1 aromatic carbocycles. The molecule has 1 atom stereocenters. The van der Waals surface area contributed by atoms with Gasteiger partial charge in [0.05, 0.1) is 0 Å². The van der Waals surface area contributed by atoms with Gasteiger partial charge < -0.3 is 15.7 Å². The van der Waals surface area contributed by atoms with Crippen molar-refractivity contribution in [3.05, 3.63) is 28.8 Å². The summed E-state index contributed by atoms with van der Waals surface area (Å²) in [5, 5.41) is 9.24. The minimum Gasteiger partial charge on any atom is -0.481 e. The van der Waals surface area contributed by atoms with Crippen LogP contribution in [0.3, 0.4) is 0 Å². The van der Waals surface area contributed by atoms with Crippen molar-refractivity contribution in [3.8, 4) is 0 Å². The van der Waals surface area contributed by atoms with Crippen molar-refractivity contribution in [2.75, 3.05) is 19.0 Å². The largest absolute Gasteiger partial charge is 0.481 e. The van der Waals surface area contributed by atoms with Crippen LogP contribution in [0.1, 0.15) is 24.4 Å². The van der Waals surface area contributed by atoms with Crippen LogP contribution in [0.2, 0.25) is 5.02 Å². The molecule has 0 bridgehead atoms. The highest BCUT2D eigenvalue weighted by Crippen LogP contribution is 2.32. The van der Waals surface area contributed by atoms with E-state index >= 15 is 0 Å². The fourth-order valence-corrected chi connectivity index (χ4v) is 2.02. The van der Waals surface area contributed by atoms with Gasteiger partial charge in [0.2, 0.25) is 0 Å². The van der Waals surface area contributed by atoms with E-state index in [0.29, 0.717) is 11.4 Å². The Morgan fingerprint density at radius 2 is 2.18 bits per heavy atom. The van der Waals surface area contributed by atoms with Crippen LogP contribution in [0.25, 0.3) is 0 Å². The van der Waals surface area contributed by atoms with Gasteiger partial charge >= 0.3 is 5.97 Å². The molecule has 0 heterocycles. The summed E-state index contributed by atoms with van der Waals surface area (Å²) < 4.78 is 0. The van der Waals surface area contributed by atoms with E-state index < -0.39 is 5.97 Å². The van der Waals surface area contributed by atoms with Gasteiger partial charge in [-0.05, 0) is 18.6 Å². The summed E-state index contributed by atoms with van der Waals surface area (Å²) in [6, 6.07) is 5.18. The van der Waals surface area contributed by atoms with E-state index in [9.17, 15) is 4.79 Å². The number of carbonyl (C=O) groups is 1. The fourth-order valence-electron chi connectivity index (χ4n) is 1.71. The van der Waals surface area contributed by atoms with Gasteiger partial charge in [-0.25, -0.2) is 0 Å². The summed E-state index contributed by atoms with van der Waals surface area (Å²) in [6.45, 7) is 0. The van der Waals surface area contributed by atoms with Crippen molar-refractivity contribution in [3.63, 3.8) is 0 Å². The highest BCUT2D eigenvalue weighted by Gasteiger charge is 2.16. The minimum atomic E-state index is -0.848. The van der Waals surface area contributed by atoms with Crippen LogP contribution in [0.15, 0.2) is 18.2 Å². The zero-order valence-electron chi connectivity index (χ0n) is 9.98. The van der Waals surface area contributed by atoms with Crippen LogP contribution in [0, 0.1) is 0 Å². The van der Waals surface area contributed by atoms with Crippen LogP contribution in [0.4, 0.5) is 5.69 Å². The third kappa shape index (κ3) is 3.61. The Labute approximate surface area is 106 Å². The van der Waals surface area contributed by atoms with Gasteiger partial charge in [0.1, 0.15) is 0 Å². The maximum absolute atomic E-state index is 10.5. The number of aliphatic carboxylic acids is 1. The Balaban J connectivity index is 2.98. The molecule has 1 unspecified atom stereocenters. The molecule has 94 valence electrons. The second-order valence-electron chi connectivity index (χ2n) is 4.11. The number of nitrogens with zero attached hydrogens (tertiary/aromatic N) is 1. The van der Waals surface area contributed by atoms with Gasteiger partial charge in [-0.3, -0.25) is 4.79 Å². The average molecular weight is 257 g/mol. The number of anilines is 1. The second-order valence-corrected chi connectivity index (χ2v) is 4.51. The standard InChI is InChI=1S/C12H17ClN2O2/c1-15(2)10-5-3-4-8(13)12(10)9(14)6-7-11(16)17/h3-5,9H,6-7,14H2,1-2H3,(H,16,17). The molecule has 0 fully saturated rings. The molecule has 0 radical (unpaired) electrons. The Hall–Kier alpha value is -1.26. The summed E-state index contributed by atoms with van der Waals surface area (Å²) in [7, 11) is 3.80. The summed E-state index contributed by atoms with van der Waals surface area (Å²) >= 11 is 6.13. The van der Waals surface area contributed by atoms with Crippen LogP contribution in [-0.4, -0.2) is 25.2 Å². The number of rotatable bonds is 5. The smallest absolute Gasteiger partial charge is 0.303 e. The van der Waals surface area contributed by atoms with Crippen LogP contribution in [-0.2, 0) is 4.79 Å². The number of carboxylic acids is 1. The van der Waals surface area contributed by atoms with Crippen LogP contribution >= 0.6 is 11.6 Å². The van der Waals surface area contributed by atoms with Gasteiger partial charge in [-0.1, -0.05) is 17.7 Å². The molecule has 3 N–H and O–H groups in total. The number of halogens is 1. The molecular weight excluding hydrogens is 240 g/mol. The maximum Gasteiger partial charge on any atom is 0.303 e. The first-order valence-corrected chi connectivity index (χ1v) is 5.74. The lowest BCUT2D eigenvalue weighted by atomic mass is 10.0. The molecule has 0 aliphatic heterocycles. The van der Waals surface area contributed by atoms with Gasteiger partial charge in [-0.15, -0.1) is 0 Å². The minimum absolute atomic E-state index is 0.0409. The second kappa shape index (κ2) is 5.89. The van der Waals surface area contributed by atoms with Gasteiger partial charge in [-0.2, -0.15) is 0 Å². The van der Waals surface area contributed by atoms with Gasteiger partial charge in [0, 0.05) is 42.8 Å². The Morgan fingerprint density at radius 1 is 1.53 bits per heavy atom. The highest BCUT2D eigenvalue weighted by atomic mass is 35.5. The van der Waals surface area contributed by atoms with E-state index in [1.165, 1.54) is 0 Å². The van der Waals surface area contributed by atoms with Crippen LogP contribution < -0.4 is 10.6 Å². The van der Waals surface area contributed by atoms with E-state index in [2.05, 4.69) is 0 Å². The predicted molar refractivity (Wildman–Crippen MR) is 69.6 cm³/mol. The molecule has 1 rings (SSSR count). The quantitative estimate of drug-likeness (QED) is 0.848. The monoisotopic (exact) mass is 256 g/mol. The molecule has 4 nitrogen and oxygen atoms in total. The first-order valence-electron chi connectivity index (χ1n) is 5.36. The normalized spacial score (nSPS) is 12.2. The SMILES string of the molecule is CN(C)c1cccc(Cl)c1C(N)CCC(=O)O. The molecule has 0 aliphatic carbocycles. The number of nitrogens with two attached hydrogens (primary N) is 1. The van der Waals surface area contributed by atoms with Crippen LogP contribution in [0.5, 0.6) is 0 Å². The van der Waals surface area contributed by atoms with Crippen molar-refractivity contribution >= 4 is 23.3 Å². The third-order valence-electron chi connectivity index (χ3n) is 2.55. The summed E-state index contributed by atoms with van der Waals surface area (Å²) in [5.41, 5.74) is 7.74. The maximum atomic E-state index is 10.5. The summed E-state index contributed by atoms with van der Waals surface area (Å²) in [4.78, 5) is 12.5. The Kier molecular flexibility index (Phi) is 4.78. The lowest BCUT2D eigenvalue weighted by Crippen LogP contribution is -2.18. The Morgan fingerprint density at radius 3 is 2.71 bits per heavy atom. The molecule has 1 aromatic rings. The zero-order chi connectivity index (χ0) is 13.0. The van der Waals surface area contributed by atoms with E-state index in [1.807, 2.05) is 31.1 Å². The zero-order valence-corrected chi connectivity index (χ0v) is 10.7. The third-order valence-corrected chi connectivity index (χ3v) is 2.88. The molecule has 0 saturated carbocycles. The van der Waals surface area contributed by atoms with E-state index in [1.54, 1.807) is 6.07 Å². The van der Waals surface area contributed by atoms with Crippen molar-refractivity contribution in [1.29, 1.82) is 0 Å². The van der Waals surface area contributed by atoms with E-state index in [-0.39, 0.29) is 12.5 Å². The highest BCUT2D eigenvalue weighted by molar-refractivity contribution is 6.31. The summed E-state index contributed by atoms with van der Waals surface area (Å²) in [5.74, 6) is -0.848. The fraction of sp³-hybridized carbons (Fsp3) is 0.417. The molecule has 0 aliphatic rings. The Bertz CT molecular complexity index is 407. The van der Waals surface area contributed by atoms with Crippen molar-refractivity contribution in [2.45, 2.75) is 18.9 Å². The molecule has 0 saturated heterocycles. The van der Waals surface area contributed by atoms with Gasteiger partial charge in [0.25, 0.3) is 0 Å². The van der Waals surface area contributed by atoms with E-state index in [4.69, 9.17) is 22.4 Å². The first-order chi connectivity index (χ1) is 7.93. The number of hydrogen-bond donors (Lipinski definition) is 2. The molecule has 17 heavy (non-hydrogen) atoms. The average Bonchev–Trinajstić information content (AvgIpc) is 2.25. The number of benzene rings is 1. The first kappa shape index (κ1) is 13.8. The molecule has 0 spiro atoms. The number of carboxylic acid groups (broad SMARTS) is 1. The number of hydrogen-bond acceptors (Lipinski definition) is 3. The molecular formula is C12H17ClN2O2. The lowest BCUT2D eigenvalue weighted by molar-refractivity contribution is -0.137. The van der Waals surface area contributed by atoms with Crippen molar-refractivity contribution in [2.24, 2.45) is 5.73 Å². The molecule has 0 aromatic heterocycles. The summed E-state index contributed by atoms with van der Waals surface area (Å²) in [6.07, 6.45) is 0.416. The molecule has 0 amide bonds.